The summed E-state index contributed by atoms with van der Waals surface area (Å²) < 4.78 is 35.9. The Bertz CT molecular complexity index is 305. The first-order chi connectivity index (χ1) is 6.04. The van der Waals surface area contributed by atoms with Gasteiger partial charge in [0.05, 0.1) is 6.21 Å². The second-order valence-corrected chi connectivity index (χ2v) is 2.22. The van der Waals surface area contributed by atoms with Gasteiger partial charge in [-0.3, -0.25) is 4.98 Å². The van der Waals surface area contributed by atoms with Crippen molar-refractivity contribution in [3.05, 3.63) is 29.6 Å². The Morgan fingerprint density at radius 3 is 2.46 bits per heavy atom. The average molecular weight is 190 g/mol. The first kappa shape index (κ1) is 9.50. The molecule has 3 nitrogen and oxygen atoms in total. The average Bonchev–Trinajstić information content (AvgIpc) is 2.04. The van der Waals surface area contributed by atoms with Gasteiger partial charge < -0.3 is 5.21 Å². The standard InChI is InChI=1S/C7H5F3N2O/c8-7(9,10)6-2-1-5(3-11-6)4-12-13/h1-4,13H/b12-4+. The van der Waals surface area contributed by atoms with Gasteiger partial charge >= 0.3 is 6.18 Å². The lowest BCUT2D eigenvalue weighted by Gasteiger charge is -2.04. The van der Waals surface area contributed by atoms with Gasteiger partial charge in [0.2, 0.25) is 0 Å². The van der Waals surface area contributed by atoms with Crippen molar-refractivity contribution in [3.8, 4) is 0 Å². The van der Waals surface area contributed by atoms with Crippen LogP contribution in [-0.4, -0.2) is 16.4 Å². The minimum Gasteiger partial charge on any atom is -0.411 e. The minimum absolute atomic E-state index is 0.301. The molecule has 0 aliphatic heterocycles. The predicted octanol–water partition coefficient (Wildman–Crippen LogP) is 1.91. The summed E-state index contributed by atoms with van der Waals surface area (Å²) in [5.74, 6) is 0. The van der Waals surface area contributed by atoms with E-state index in [4.69, 9.17) is 5.21 Å². The molecule has 0 bridgehead atoms. The maximum absolute atomic E-state index is 12.0. The molecule has 1 aromatic rings. The SMILES string of the molecule is O/N=C/c1ccc(C(F)(F)F)nc1. The number of aromatic nitrogens is 1. The van der Waals surface area contributed by atoms with Crippen LogP contribution in [0.2, 0.25) is 0 Å². The Morgan fingerprint density at radius 1 is 1.38 bits per heavy atom. The molecule has 0 aliphatic carbocycles. The van der Waals surface area contributed by atoms with E-state index >= 15 is 0 Å². The normalized spacial score (nSPS) is 12.2. The molecule has 0 saturated heterocycles. The molecule has 0 aliphatic rings. The van der Waals surface area contributed by atoms with Crippen LogP contribution in [0.3, 0.4) is 0 Å². The molecule has 6 heteroatoms. The van der Waals surface area contributed by atoms with Crippen LogP contribution in [0, 0.1) is 0 Å². The van der Waals surface area contributed by atoms with Crippen molar-refractivity contribution in [1.82, 2.24) is 4.98 Å². The molecule has 0 spiro atoms. The smallest absolute Gasteiger partial charge is 0.411 e. The maximum atomic E-state index is 12.0. The van der Waals surface area contributed by atoms with Gasteiger partial charge in [-0.1, -0.05) is 5.16 Å². The molecular formula is C7H5F3N2O. The van der Waals surface area contributed by atoms with Crippen LogP contribution < -0.4 is 0 Å². The molecule has 1 N–H and O–H groups in total. The Hall–Kier alpha value is -1.59. The molecule has 1 aromatic heterocycles. The third-order valence-electron chi connectivity index (χ3n) is 1.28. The molecule has 0 saturated carbocycles. The first-order valence-electron chi connectivity index (χ1n) is 3.24. The van der Waals surface area contributed by atoms with E-state index < -0.39 is 11.9 Å². The van der Waals surface area contributed by atoms with E-state index in [0.29, 0.717) is 5.56 Å². The van der Waals surface area contributed by atoms with Gasteiger partial charge in [0.1, 0.15) is 5.69 Å². The zero-order valence-electron chi connectivity index (χ0n) is 6.28. The molecule has 0 radical (unpaired) electrons. The molecule has 1 heterocycles. The molecule has 0 unspecified atom stereocenters. The number of oxime groups is 1. The summed E-state index contributed by atoms with van der Waals surface area (Å²) >= 11 is 0. The van der Waals surface area contributed by atoms with E-state index in [1.54, 1.807) is 0 Å². The van der Waals surface area contributed by atoms with Crippen molar-refractivity contribution < 1.29 is 18.4 Å². The van der Waals surface area contributed by atoms with Crippen molar-refractivity contribution in [1.29, 1.82) is 0 Å². The van der Waals surface area contributed by atoms with Crippen molar-refractivity contribution in [3.63, 3.8) is 0 Å². The topological polar surface area (TPSA) is 45.5 Å². The van der Waals surface area contributed by atoms with Crippen LogP contribution in [0.25, 0.3) is 0 Å². The quantitative estimate of drug-likeness (QED) is 0.417. The summed E-state index contributed by atoms with van der Waals surface area (Å²) in [6, 6.07) is 1.98. The zero-order valence-corrected chi connectivity index (χ0v) is 6.28. The monoisotopic (exact) mass is 190 g/mol. The third-order valence-corrected chi connectivity index (χ3v) is 1.28. The van der Waals surface area contributed by atoms with Gasteiger partial charge in [-0.2, -0.15) is 13.2 Å². The van der Waals surface area contributed by atoms with Gasteiger partial charge in [0.25, 0.3) is 0 Å². The summed E-state index contributed by atoms with van der Waals surface area (Å²) in [4.78, 5) is 3.14. The number of nitrogens with zero attached hydrogens (tertiary/aromatic N) is 2. The number of alkyl halides is 3. The van der Waals surface area contributed by atoms with Crippen molar-refractivity contribution in [2.24, 2.45) is 5.16 Å². The number of hydrogen-bond donors (Lipinski definition) is 1. The first-order valence-corrected chi connectivity index (χ1v) is 3.24. The summed E-state index contributed by atoms with van der Waals surface area (Å²) in [5, 5.41) is 10.7. The Kier molecular flexibility index (Phi) is 2.50. The van der Waals surface area contributed by atoms with E-state index in [9.17, 15) is 13.2 Å². The Morgan fingerprint density at radius 2 is 2.08 bits per heavy atom. The molecule has 0 aromatic carbocycles. The van der Waals surface area contributed by atoms with Crippen LogP contribution in [-0.2, 0) is 6.18 Å². The number of rotatable bonds is 1. The van der Waals surface area contributed by atoms with E-state index in [-0.39, 0.29) is 0 Å². The Balaban J connectivity index is 2.94. The fourth-order valence-corrected chi connectivity index (χ4v) is 0.716. The summed E-state index contributed by atoms with van der Waals surface area (Å²) in [6.45, 7) is 0. The fraction of sp³-hybridized carbons (Fsp3) is 0.143. The Labute approximate surface area is 71.5 Å². The number of pyridine rings is 1. The van der Waals surface area contributed by atoms with Crippen LogP contribution in [0.5, 0.6) is 0 Å². The van der Waals surface area contributed by atoms with Crippen molar-refractivity contribution >= 4 is 6.21 Å². The number of halogens is 3. The maximum Gasteiger partial charge on any atom is 0.433 e. The molecule has 0 fully saturated rings. The van der Waals surface area contributed by atoms with E-state index in [2.05, 4.69) is 10.1 Å². The fourth-order valence-electron chi connectivity index (χ4n) is 0.716. The lowest BCUT2D eigenvalue weighted by atomic mass is 10.2. The van der Waals surface area contributed by atoms with Crippen LogP contribution in [0.1, 0.15) is 11.3 Å². The summed E-state index contributed by atoms with van der Waals surface area (Å²) in [7, 11) is 0. The second kappa shape index (κ2) is 3.42. The highest BCUT2D eigenvalue weighted by molar-refractivity contribution is 5.78. The molecule has 0 amide bonds. The minimum atomic E-state index is -4.44. The molecule has 0 atom stereocenters. The highest BCUT2D eigenvalue weighted by Crippen LogP contribution is 2.26. The summed E-state index contributed by atoms with van der Waals surface area (Å²) in [5.41, 5.74) is -0.668. The summed E-state index contributed by atoms with van der Waals surface area (Å²) in [6.07, 6.45) is -2.47. The second-order valence-electron chi connectivity index (χ2n) is 2.22. The van der Waals surface area contributed by atoms with Gasteiger partial charge in [0, 0.05) is 11.8 Å². The van der Waals surface area contributed by atoms with Crippen molar-refractivity contribution in [2.75, 3.05) is 0 Å². The van der Waals surface area contributed by atoms with Crippen LogP contribution in [0.4, 0.5) is 13.2 Å². The van der Waals surface area contributed by atoms with Gasteiger partial charge in [-0.25, -0.2) is 0 Å². The predicted molar refractivity (Wildman–Crippen MR) is 38.6 cm³/mol. The van der Waals surface area contributed by atoms with E-state index in [0.717, 1.165) is 24.5 Å². The molecular weight excluding hydrogens is 185 g/mol. The molecule has 13 heavy (non-hydrogen) atoms. The van der Waals surface area contributed by atoms with Gasteiger partial charge in [-0.15, -0.1) is 0 Å². The zero-order chi connectivity index (χ0) is 9.90. The lowest BCUT2D eigenvalue weighted by Crippen LogP contribution is -2.07. The van der Waals surface area contributed by atoms with E-state index in [1.165, 1.54) is 0 Å². The van der Waals surface area contributed by atoms with Gasteiger partial charge in [-0.05, 0) is 12.1 Å². The highest BCUT2D eigenvalue weighted by atomic mass is 19.4. The van der Waals surface area contributed by atoms with Gasteiger partial charge in [0.15, 0.2) is 0 Å². The largest absolute Gasteiger partial charge is 0.433 e. The lowest BCUT2D eigenvalue weighted by molar-refractivity contribution is -0.141. The molecule has 1 rings (SSSR count). The van der Waals surface area contributed by atoms with Crippen LogP contribution >= 0.6 is 0 Å². The van der Waals surface area contributed by atoms with E-state index in [1.807, 2.05) is 0 Å². The number of hydrogen-bond acceptors (Lipinski definition) is 3. The van der Waals surface area contributed by atoms with Crippen molar-refractivity contribution in [2.45, 2.75) is 6.18 Å². The molecule has 70 valence electrons. The third kappa shape index (κ3) is 2.43. The highest BCUT2D eigenvalue weighted by Gasteiger charge is 2.31. The van der Waals surface area contributed by atoms with Crippen LogP contribution in [0.15, 0.2) is 23.5 Å².